The Kier molecular flexibility index (Phi) is 6.75. The summed E-state index contributed by atoms with van der Waals surface area (Å²) in [5.41, 5.74) is 5.37. The third kappa shape index (κ3) is 5.09. The van der Waals surface area contributed by atoms with Gasteiger partial charge in [-0.1, -0.05) is 13.8 Å². The average molecular weight is 270 g/mol. The molecule has 1 aliphatic rings. The van der Waals surface area contributed by atoms with Gasteiger partial charge in [-0.2, -0.15) is 0 Å². The fourth-order valence-electron chi connectivity index (χ4n) is 2.32. The Morgan fingerprint density at radius 1 is 1.21 bits per heavy atom. The van der Waals surface area contributed by atoms with Crippen LogP contribution in [0.3, 0.4) is 0 Å². The van der Waals surface area contributed by atoms with Crippen LogP contribution in [0.25, 0.3) is 0 Å². The fraction of sp³-hybridized carbons (Fsp3) is 0.929. The van der Waals surface area contributed by atoms with E-state index < -0.39 is 5.54 Å². The number of hydrogen-bond acceptors (Lipinski definition) is 4. The summed E-state index contributed by atoms with van der Waals surface area (Å²) in [6, 6.07) is 0. The molecule has 0 saturated carbocycles. The molecule has 0 bridgehead atoms. The maximum atomic E-state index is 12.0. The Balaban J connectivity index is 2.15. The number of nitrogens with one attached hydrogen (secondary N) is 1. The third-order valence-corrected chi connectivity index (χ3v) is 4.25. The highest BCUT2D eigenvalue weighted by Gasteiger charge is 2.29. The van der Waals surface area contributed by atoms with E-state index in [1.807, 2.05) is 13.8 Å². The summed E-state index contributed by atoms with van der Waals surface area (Å²) < 4.78 is 0. The third-order valence-electron chi connectivity index (χ3n) is 4.25. The summed E-state index contributed by atoms with van der Waals surface area (Å²) >= 11 is 0. The van der Waals surface area contributed by atoms with Crippen molar-refractivity contribution < 1.29 is 4.79 Å². The van der Waals surface area contributed by atoms with Crippen LogP contribution in [0.2, 0.25) is 0 Å². The molecule has 1 fully saturated rings. The Labute approximate surface area is 117 Å². The highest BCUT2D eigenvalue weighted by atomic mass is 16.2. The van der Waals surface area contributed by atoms with E-state index in [2.05, 4.69) is 22.2 Å². The van der Waals surface area contributed by atoms with Gasteiger partial charge in [-0.25, -0.2) is 0 Å². The molecule has 0 radical (unpaired) electrons. The lowest BCUT2D eigenvalue weighted by Gasteiger charge is -2.32. The van der Waals surface area contributed by atoms with Gasteiger partial charge in [0.2, 0.25) is 5.91 Å². The molecule has 0 aliphatic carbocycles. The molecule has 0 spiro atoms. The SMILES string of the molecule is CCC(N)(CC)C(=O)NCCCN1CCN(C)CC1. The normalized spacial score (nSPS) is 18.5. The molecule has 3 N–H and O–H groups in total. The van der Waals surface area contributed by atoms with E-state index in [1.54, 1.807) is 0 Å². The summed E-state index contributed by atoms with van der Waals surface area (Å²) in [4.78, 5) is 16.8. The highest BCUT2D eigenvalue weighted by Crippen LogP contribution is 2.10. The zero-order chi connectivity index (χ0) is 14.3. The molecule has 112 valence electrons. The van der Waals surface area contributed by atoms with E-state index in [-0.39, 0.29) is 5.91 Å². The van der Waals surface area contributed by atoms with Crippen molar-refractivity contribution in [1.29, 1.82) is 0 Å². The zero-order valence-corrected chi connectivity index (χ0v) is 12.7. The Morgan fingerprint density at radius 3 is 2.32 bits per heavy atom. The van der Waals surface area contributed by atoms with Gasteiger partial charge in [0, 0.05) is 32.7 Å². The number of amides is 1. The zero-order valence-electron chi connectivity index (χ0n) is 12.7. The van der Waals surface area contributed by atoms with Crippen LogP contribution in [0.15, 0.2) is 0 Å². The van der Waals surface area contributed by atoms with Crippen LogP contribution in [0.5, 0.6) is 0 Å². The first kappa shape index (κ1) is 16.4. The van der Waals surface area contributed by atoms with Crippen LogP contribution in [0, 0.1) is 0 Å². The van der Waals surface area contributed by atoms with Gasteiger partial charge in [-0.3, -0.25) is 4.79 Å². The summed E-state index contributed by atoms with van der Waals surface area (Å²) in [6.45, 7) is 10.3. The van der Waals surface area contributed by atoms with Crippen molar-refractivity contribution in [3.63, 3.8) is 0 Å². The standard InChI is InChI=1S/C14H30N4O/c1-4-14(15,5-2)13(19)16-7-6-8-18-11-9-17(3)10-12-18/h4-12,15H2,1-3H3,(H,16,19). The minimum absolute atomic E-state index is 0.00382. The summed E-state index contributed by atoms with van der Waals surface area (Å²) in [5.74, 6) is -0.00382. The predicted octanol–water partition coefficient (Wildman–Crippen LogP) is 0.258. The molecule has 0 aromatic heterocycles. The molecule has 1 aliphatic heterocycles. The van der Waals surface area contributed by atoms with Crippen molar-refractivity contribution in [1.82, 2.24) is 15.1 Å². The average Bonchev–Trinajstić information content (AvgIpc) is 2.44. The van der Waals surface area contributed by atoms with Crippen LogP contribution >= 0.6 is 0 Å². The van der Waals surface area contributed by atoms with Crippen LogP contribution in [-0.4, -0.2) is 67.6 Å². The molecule has 5 nitrogen and oxygen atoms in total. The smallest absolute Gasteiger partial charge is 0.240 e. The topological polar surface area (TPSA) is 61.6 Å². The van der Waals surface area contributed by atoms with Crippen molar-refractivity contribution in [2.75, 3.05) is 46.3 Å². The molecule has 1 amide bonds. The summed E-state index contributed by atoms with van der Waals surface area (Å²) in [5, 5.41) is 2.97. The van der Waals surface area contributed by atoms with Gasteiger partial charge in [-0.05, 0) is 32.9 Å². The maximum absolute atomic E-state index is 12.0. The van der Waals surface area contributed by atoms with E-state index in [0.717, 1.165) is 45.7 Å². The van der Waals surface area contributed by atoms with E-state index in [4.69, 9.17) is 5.73 Å². The minimum Gasteiger partial charge on any atom is -0.354 e. The molecular weight excluding hydrogens is 240 g/mol. The minimum atomic E-state index is -0.687. The van der Waals surface area contributed by atoms with Crippen LogP contribution < -0.4 is 11.1 Å². The van der Waals surface area contributed by atoms with Crippen LogP contribution in [0.1, 0.15) is 33.1 Å². The largest absolute Gasteiger partial charge is 0.354 e. The first-order valence-corrected chi connectivity index (χ1v) is 7.50. The van der Waals surface area contributed by atoms with Crippen molar-refractivity contribution in [3.05, 3.63) is 0 Å². The van der Waals surface area contributed by atoms with Crippen LogP contribution in [0.4, 0.5) is 0 Å². The van der Waals surface area contributed by atoms with Gasteiger partial charge < -0.3 is 20.9 Å². The number of rotatable bonds is 7. The number of carbonyl (C=O) groups is 1. The monoisotopic (exact) mass is 270 g/mol. The molecule has 0 unspecified atom stereocenters. The first-order chi connectivity index (χ1) is 9.01. The van der Waals surface area contributed by atoms with Gasteiger partial charge in [0.05, 0.1) is 5.54 Å². The van der Waals surface area contributed by atoms with E-state index in [0.29, 0.717) is 12.8 Å². The van der Waals surface area contributed by atoms with Gasteiger partial charge in [0.1, 0.15) is 0 Å². The van der Waals surface area contributed by atoms with E-state index >= 15 is 0 Å². The van der Waals surface area contributed by atoms with Crippen molar-refractivity contribution in [3.8, 4) is 0 Å². The van der Waals surface area contributed by atoms with Crippen molar-refractivity contribution in [2.24, 2.45) is 5.73 Å². The lowest BCUT2D eigenvalue weighted by atomic mass is 9.93. The lowest BCUT2D eigenvalue weighted by molar-refractivity contribution is -0.126. The number of nitrogens with two attached hydrogens (primary N) is 1. The second-order valence-corrected chi connectivity index (χ2v) is 5.62. The highest BCUT2D eigenvalue weighted by molar-refractivity contribution is 5.85. The molecule has 0 atom stereocenters. The van der Waals surface area contributed by atoms with Gasteiger partial charge in [0.15, 0.2) is 0 Å². The number of likely N-dealkylation sites (N-methyl/N-ethyl adjacent to an activating group) is 1. The fourth-order valence-corrected chi connectivity index (χ4v) is 2.32. The Bertz CT molecular complexity index is 271. The first-order valence-electron chi connectivity index (χ1n) is 7.50. The van der Waals surface area contributed by atoms with E-state index in [9.17, 15) is 4.79 Å². The molecule has 1 heterocycles. The molecule has 19 heavy (non-hydrogen) atoms. The summed E-state index contributed by atoms with van der Waals surface area (Å²) in [7, 11) is 2.16. The van der Waals surface area contributed by atoms with Crippen LogP contribution in [-0.2, 0) is 4.79 Å². The second kappa shape index (κ2) is 7.82. The number of piperazine rings is 1. The summed E-state index contributed by atoms with van der Waals surface area (Å²) in [6.07, 6.45) is 2.38. The molecule has 0 aromatic carbocycles. The quantitative estimate of drug-likeness (QED) is 0.651. The van der Waals surface area contributed by atoms with Gasteiger partial charge in [-0.15, -0.1) is 0 Å². The van der Waals surface area contributed by atoms with Crippen molar-refractivity contribution >= 4 is 5.91 Å². The molecule has 5 heteroatoms. The molecular formula is C14H30N4O. The number of hydrogen-bond donors (Lipinski definition) is 2. The lowest BCUT2D eigenvalue weighted by Crippen LogP contribution is -2.53. The Morgan fingerprint density at radius 2 is 1.79 bits per heavy atom. The van der Waals surface area contributed by atoms with Gasteiger partial charge >= 0.3 is 0 Å². The molecule has 1 saturated heterocycles. The number of carbonyl (C=O) groups excluding carboxylic acids is 1. The Hall–Kier alpha value is -0.650. The van der Waals surface area contributed by atoms with Gasteiger partial charge in [0.25, 0.3) is 0 Å². The van der Waals surface area contributed by atoms with Crippen molar-refractivity contribution in [2.45, 2.75) is 38.6 Å². The second-order valence-electron chi connectivity index (χ2n) is 5.62. The number of nitrogens with zero attached hydrogens (tertiary/aromatic N) is 2. The predicted molar refractivity (Wildman–Crippen MR) is 79.1 cm³/mol. The molecule has 1 rings (SSSR count). The molecule has 0 aromatic rings. The van der Waals surface area contributed by atoms with E-state index in [1.165, 1.54) is 0 Å². The maximum Gasteiger partial charge on any atom is 0.240 e.